The van der Waals surface area contributed by atoms with Crippen LogP contribution in [0, 0.1) is 5.21 Å². The molecule has 18 heavy (non-hydrogen) atoms. The van der Waals surface area contributed by atoms with Crippen molar-refractivity contribution in [3.05, 3.63) is 70.9 Å². The summed E-state index contributed by atoms with van der Waals surface area (Å²) >= 11 is 0. The van der Waals surface area contributed by atoms with Gasteiger partial charge in [0.05, 0.1) is 0 Å². The predicted octanol–water partition coefficient (Wildman–Crippen LogP) is 3.15. The Balaban J connectivity index is 2.26. The normalized spacial score (nSPS) is 11.3. The fourth-order valence-electron chi connectivity index (χ4n) is 1.59. The van der Waals surface area contributed by atoms with Gasteiger partial charge in [0.2, 0.25) is 5.69 Å². The van der Waals surface area contributed by atoms with Gasteiger partial charge in [-0.05, 0) is 31.2 Å². The Morgan fingerprint density at radius 3 is 2.22 bits per heavy atom. The fraction of sp³-hybridized carbons (Fsp3) is 0.0667. The van der Waals surface area contributed by atoms with Crippen LogP contribution in [-0.4, -0.2) is 16.7 Å². The summed E-state index contributed by atoms with van der Waals surface area (Å²) in [5, 5.41) is 11.9. The summed E-state index contributed by atoms with van der Waals surface area (Å²) in [6, 6.07) is 15.9. The lowest BCUT2D eigenvalue weighted by Crippen LogP contribution is -1.99. The van der Waals surface area contributed by atoms with Crippen molar-refractivity contribution in [1.29, 1.82) is 0 Å². The lowest BCUT2D eigenvalue weighted by Gasteiger charge is -2.03. The first-order valence-electron chi connectivity index (χ1n) is 5.64. The molecule has 0 amide bonds. The lowest BCUT2D eigenvalue weighted by atomic mass is 10.1. The van der Waals surface area contributed by atoms with E-state index in [0.717, 1.165) is 10.3 Å². The van der Waals surface area contributed by atoms with Gasteiger partial charge < -0.3 is 5.21 Å². The summed E-state index contributed by atoms with van der Waals surface area (Å²) in [4.78, 5) is 11.1. The number of Topliss-reactive ketones (excluding diaryl/α,β-unsaturated/α-hetero) is 1. The standard InChI is InChI=1S/C15H13NO2/c1-12(17)14-7-9-15(10-8-14)16(18)11-13-5-3-2-4-6-13/h2-11H,1H3. The van der Waals surface area contributed by atoms with Gasteiger partial charge in [-0.15, -0.1) is 0 Å². The maximum absolute atomic E-state index is 11.9. The van der Waals surface area contributed by atoms with Crippen LogP contribution in [0.5, 0.6) is 0 Å². The Kier molecular flexibility index (Phi) is 3.53. The molecule has 0 fully saturated rings. The molecule has 2 aromatic rings. The Morgan fingerprint density at radius 1 is 1.06 bits per heavy atom. The third-order valence-corrected chi connectivity index (χ3v) is 2.59. The highest BCUT2D eigenvalue weighted by Gasteiger charge is 2.04. The number of rotatable bonds is 3. The van der Waals surface area contributed by atoms with Crippen molar-refractivity contribution in [3.63, 3.8) is 0 Å². The summed E-state index contributed by atoms with van der Waals surface area (Å²) < 4.78 is 0.791. The molecule has 0 N–H and O–H groups in total. The average molecular weight is 239 g/mol. The zero-order valence-corrected chi connectivity index (χ0v) is 10.0. The second-order valence-corrected chi connectivity index (χ2v) is 3.97. The molecule has 0 unspecified atom stereocenters. The van der Waals surface area contributed by atoms with Crippen LogP contribution in [-0.2, 0) is 0 Å². The van der Waals surface area contributed by atoms with Gasteiger partial charge in [0.25, 0.3) is 0 Å². The minimum atomic E-state index is -0.00830. The van der Waals surface area contributed by atoms with Gasteiger partial charge in [0, 0.05) is 23.3 Å². The van der Waals surface area contributed by atoms with Gasteiger partial charge in [-0.3, -0.25) is 4.79 Å². The average Bonchev–Trinajstić information content (AvgIpc) is 2.40. The largest absolute Gasteiger partial charge is 0.618 e. The van der Waals surface area contributed by atoms with Crippen LogP contribution >= 0.6 is 0 Å². The summed E-state index contributed by atoms with van der Waals surface area (Å²) in [6.45, 7) is 1.50. The molecule has 2 rings (SSSR count). The van der Waals surface area contributed by atoms with Crippen molar-refractivity contribution in [2.24, 2.45) is 0 Å². The first-order valence-corrected chi connectivity index (χ1v) is 5.64. The molecule has 90 valence electrons. The monoisotopic (exact) mass is 239 g/mol. The highest BCUT2D eigenvalue weighted by Crippen LogP contribution is 2.13. The van der Waals surface area contributed by atoms with E-state index in [4.69, 9.17) is 0 Å². The van der Waals surface area contributed by atoms with Gasteiger partial charge in [0.15, 0.2) is 12.0 Å². The molecular formula is C15H13NO2. The maximum Gasteiger partial charge on any atom is 0.216 e. The first kappa shape index (κ1) is 12.0. The van der Waals surface area contributed by atoms with E-state index in [9.17, 15) is 10.0 Å². The third-order valence-electron chi connectivity index (χ3n) is 2.59. The van der Waals surface area contributed by atoms with Crippen LogP contribution in [0.3, 0.4) is 0 Å². The summed E-state index contributed by atoms with van der Waals surface area (Å²) in [5.74, 6) is -0.00830. The molecule has 0 aromatic heterocycles. The van der Waals surface area contributed by atoms with E-state index in [2.05, 4.69) is 0 Å². The number of carbonyl (C=O) groups is 1. The van der Waals surface area contributed by atoms with Gasteiger partial charge in [-0.25, -0.2) is 0 Å². The highest BCUT2D eigenvalue weighted by molar-refractivity contribution is 5.94. The maximum atomic E-state index is 11.9. The minimum absolute atomic E-state index is 0.00830. The molecule has 3 nitrogen and oxygen atoms in total. The van der Waals surface area contributed by atoms with Crippen molar-refractivity contribution in [3.8, 4) is 0 Å². The quantitative estimate of drug-likeness (QED) is 0.271. The van der Waals surface area contributed by atoms with E-state index in [0.29, 0.717) is 11.3 Å². The van der Waals surface area contributed by atoms with Crippen LogP contribution in [0.2, 0.25) is 0 Å². The number of ketones is 1. The van der Waals surface area contributed by atoms with Crippen LogP contribution in [0.1, 0.15) is 22.8 Å². The number of hydrogen-bond donors (Lipinski definition) is 0. The number of hydrogen-bond acceptors (Lipinski definition) is 2. The molecule has 0 spiro atoms. The summed E-state index contributed by atoms with van der Waals surface area (Å²) in [5.41, 5.74) is 1.94. The molecule has 2 aromatic carbocycles. The third kappa shape index (κ3) is 2.83. The molecule has 0 bridgehead atoms. The second-order valence-electron chi connectivity index (χ2n) is 3.97. The summed E-state index contributed by atoms with van der Waals surface area (Å²) in [6.07, 6.45) is 1.50. The zero-order chi connectivity index (χ0) is 13.0. The molecule has 3 heteroatoms. The number of benzene rings is 2. The van der Waals surface area contributed by atoms with Crippen molar-refractivity contribution < 1.29 is 9.53 Å². The Hall–Kier alpha value is -2.42. The van der Waals surface area contributed by atoms with E-state index >= 15 is 0 Å². The van der Waals surface area contributed by atoms with E-state index in [1.807, 2.05) is 30.3 Å². The van der Waals surface area contributed by atoms with E-state index in [1.54, 1.807) is 24.3 Å². The van der Waals surface area contributed by atoms with E-state index in [-0.39, 0.29) is 5.78 Å². The second kappa shape index (κ2) is 5.27. The van der Waals surface area contributed by atoms with Crippen LogP contribution in [0.15, 0.2) is 54.6 Å². The number of carbonyl (C=O) groups excluding carboxylic acids is 1. The SMILES string of the molecule is CC(=O)c1ccc([N+]([O-])=Cc2ccccc2)cc1. The van der Waals surface area contributed by atoms with Gasteiger partial charge in [-0.1, -0.05) is 18.2 Å². The molecule has 0 heterocycles. The van der Waals surface area contributed by atoms with Crippen molar-refractivity contribution in [2.75, 3.05) is 0 Å². The van der Waals surface area contributed by atoms with E-state index < -0.39 is 0 Å². The van der Waals surface area contributed by atoms with Gasteiger partial charge in [0.1, 0.15) is 0 Å². The molecule has 0 saturated heterocycles. The molecule has 0 aliphatic rings. The lowest BCUT2D eigenvalue weighted by molar-refractivity contribution is -0.354. The molecule has 0 aliphatic carbocycles. The summed E-state index contributed by atoms with van der Waals surface area (Å²) in [7, 11) is 0. The molecular weight excluding hydrogens is 226 g/mol. The Bertz CT molecular complexity index is 571. The smallest absolute Gasteiger partial charge is 0.216 e. The van der Waals surface area contributed by atoms with Crippen molar-refractivity contribution >= 4 is 17.7 Å². The topological polar surface area (TPSA) is 43.1 Å². The Labute approximate surface area is 106 Å². The molecule has 0 radical (unpaired) electrons. The minimum Gasteiger partial charge on any atom is -0.618 e. The van der Waals surface area contributed by atoms with Gasteiger partial charge in [-0.2, -0.15) is 4.74 Å². The van der Waals surface area contributed by atoms with Crippen LogP contribution in [0.4, 0.5) is 5.69 Å². The van der Waals surface area contributed by atoms with Crippen LogP contribution < -0.4 is 0 Å². The molecule has 0 saturated carbocycles. The zero-order valence-electron chi connectivity index (χ0n) is 10.0. The number of nitrogens with zero attached hydrogens (tertiary/aromatic N) is 1. The predicted molar refractivity (Wildman–Crippen MR) is 71.3 cm³/mol. The van der Waals surface area contributed by atoms with E-state index in [1.165, 1.54) is 13.1 Å². The molecule has 0 aliphatic heterocycles. The first-order chi connectivity index (χ1) is 8.66. The van der Waals surface area contributed by atoms with Crippen molar-refractivity contribution in [2.45, 2.75) is 6.92 Å². The fourth-order valence-corrected chi connectivity index (χ4v) is 1.59. The van der Waals surface area contributed by atoms with Gasteiger partial charge >= 0.3 is 0 Å². The van der Waals surface area contributed by atoms with Crippen LogP contribution in [0.25, 0.3) is 0 Å². The molecule has 0 atom stereocenters. The Morgan fingerprint density at radius 2 is 1.67 bits per heavy atom. The van der Waals surface area contributed by atoms with Crippen molar-refractivity contribution in [1.82, 2.24) is 0 Å². The highest BCUT2D eigenvalue weighted by atomic mass is 16.5.